The number of benzene rings is 2. The summed E-state index contributed by atoms with van der Waals surface area (Å²) in [5.74, 6) is 0.949. The maximum absolute atomic E-state index is 12.7. The van der Waals surface area contributed by atoms with Crippen LogP contribution in [0.1, 0.15) is 36.4 Å². The van der Waals surface area contributed by atoms with Crippen molar-refractivity contribution in [2.45, 2.75) is 43.4 Å². The molecule has 1 amide bonds. The van der Waals surface area contributed by atoms with E-state index in [4.69, 9.17) is 4.74 Å². The molecular formula is C26H33N5O3S. The molecule has 1 fully saturated rings. The molecule has 1 atom stereocenters. The molecule has 2 heterocycles. The Hall–Kier alpha value is -3.04. The predicted octanol–water partition coefficient (Wildman–Crippen LogP) is 3.26. The molecule has 1 saturated heterocycles. The first-order chi connectivity index (χ1) is 17.1. The normalized spacial score (nSPS) is 15.0. The average Bonchev–Trinajstić information content (AvgIpc) is 3.27. The standard InChI is InChI=1S/C26H33N5O3S/c1-34-22-12-10-21(11-13-22)23(30-15-6-3-7-16-30)18-27-24(32)19-35-26-29-28-25(33)31(26)17-14-20-8-4-2-5-9-20/h2,4-5,8-13,23H,3,6-7,14-19H2,1H3,(H,27,32)(H,28,33). The maximum atomic E-state index is 12.7. The lowest BCUT2D eigenvalue weighted by Crippen LogP contribution is -2.41. The van der Waals surface area contributed by atoms with Crippen LogP contribution in [0.15, 0.2) is 64.5 Å². The number of carbonyl (C=O) groups excluding carboxylic acids is 1. The van der Waals surface area contributed by atoms with Crippen LogP contribution < -0.4 is 15.7 Å². The molecule has 186 valence electrons. The number of piperidine rings is 1. The summed E-state index contributed by atoms with van der Waals surface area (Å²) < 4.78 is 6.90. The van der Waals surface area contributed by atoms with Gasteiger partial charge in [0.1, 0.15) is 5.75 Å². The second-order valence-electron chi connectivity index (χ2n) is 8.68. The van der Waals surface area contributed by atoms with Gasteiger partial charge in [-0.05, 0) is 55.6 Å². The lowest BCUT2D eigenvalue weighted by Gasteiger charge is -2.35. The molecule has 8 nitrogen and oxygen atoms in total. The maximum Gasteiger partial charge on any atom is 0.343 e. The number of ether oxygens (including phenoxy) is 1. The lowest BCUT2D eigenvalue weighted by atomic mass is 10.0. The Balaban J connectivity index is 1.33. The molecular weight excluding hydrogens is 462 g/mol. The Morgan fingerprint density at radius 1 is 1.11 bits per heavy atom. The van der Waals surface area contributed by atoms with Crippen molar-refractivity contribution in [2.75, 3.05) is 32.5 Å². The third-order valence-corrected chi connectivity index (χ3v) is 7.32. The van der Waals surface area contributed by atoms with Gasteiger partial charge in [-0.2, -0.15) is 0 Å². The molecule has 2 aromatic carbocycles. The van der Waals surface area contributed by atoms with Gasteiger partial charge in [-0.25, -0.2) is 9.89 Å². The quantitative estimate of drug-likeness (QED) is 0.397. The minimum Gasteiger partial charge on any atom is -0.497 e. The average molecular weight is 496 g/mol. The van der Waals surface area contributed by atoms with Gasteiger partial charge in [0.05, 0.1) is 18.9 Å². The van der Waals surface area contributed by atoms with Crippen LogP contribution in [0.3, 0.4) is 0 Å². The van der Waals surface area contributed by atoms with E-state index in [0.717, 1.165) is 30.8 Å². The van der Waals surface area contributed by atoms with Gasteiger partial charge in [0.15, 0.2) is 5.16 Å². The summed E-state index contributed by atoms with van der Waals surface area (Å²) in [6.07, 6.45) is 4.33. The molecule has 3 aromatic rings. The van der Waals surface area contributed by atoms with Gasteiger partial charge in [-0.1, -0.05) is 60.6 Å². The second kappa shape index (κ2) is 12.6. The van der Waals surface area contributed by atoms with Crippen LogP contribution in [0.2, 0.25) is 0 Å². The first kappa shape index (κ1) is 25.1. The van der Waals surface area contributed by atoms with E-state index in [9.17, 15) is 9.59 Å². The number of thioether (sulfide) groups is 1. The molecule has 1 aliphatic heterocycles. The summed E-state index contributed by atoms with van der Waals surface area (Å²) in [7, 11) is 1.66. The van der Waals surface area contributed by atoms with Crippen LogP contribution >= 0.6 is 11.8 Å². The Bertz CT molecular complexity index is 1120. The van der Waals surface area contributed by atoms with Crippen molar-refractivity contribution in [3.05, 3.63) is 76.2 Å². The Kier molecular flexibility index (Phi) is 9.02. The minimum absolute atomic E-state index is 0.0735. The van der Waals surface area contributed by atoms with E-state index in [1.54, 1.807) is 11.7 Å². The second-order valence-corrected chi connectivity index (χ2v) is 9.62. The number of carbonyl (C=O) groups is 1. The fourth-order valence-electron chi connectivity index (χ4n) is 4.40. The summed E-state index contributed by atoms with van der Waals surface area (Å²) in [6.45, 7) is 3.11. The highest BCUT2D eigenvalue weighted by Crippen LogP contribution is 2.26. The molecule has 0 radical (unpaired) electrons. The number of hydrogen-bond donors (Lipinski definition) is 2. The number of aryl methyl sites for hydroxylation is 1. The third-order valence-electron chi connectivity index (χ3n) is 6.35. The molecule has 1 aromatic heterocycles. The van der Waals surface area contributed by atoms with Gasteiger partial charge >= 0.3 is 5.69 Å². The minimum atomic E-state index is -0.256. The summed E-state index contributed by atoms with van der Waals surface area (Å²) in [4.78, 5) is 27.4. The van der Waals surface area contributed by atoms with Gasteiger partial charge in [0.25, 0.3) is 0 Å². The number of aromatic amines is 1. The molecule has 9 heteroatoms. The van der Waals surface area contributed by atoms with E-state index in [0.29, 0.717) is 18.2 Å². The van der Waals surface area contributed by atoms with E-state index >= 15 is 0 Å². The molecule has 0 saturated carbocycles. The van der Waals surface area contributed by atoms with Crippen LogP contribution in [0, 0.1) is 0 Å². The molecule has 35 heavy (non-hydrogen) atoms. The Labute approximate surface area is 210 Å². The molecule has 0 aliphatic carbocycles. The number of amides is 1. The Morgan fingerprint density at radius 2 is 1.86 bits per heavy atom. The van der Waals surface area contributed by atoms with Crippen molar-refractivity contribution in [1.29, 1.82) is 0 Å². The highest BCUT2D eigenvalue weighted by molar-refractivity contribution is 7.99. The topological polar surface area (TPSA) is 92.2 Å². The molecule has 2 N–H and O–H groups in total. The first-order valence-electron chi connectivity index (χ1n) is 12.1. The Morgan fingerprint density at radius 3 is 2.57 bits per heavy atom. The van der Waals surface area contributed by atoms with Crippen molar-refractivity contribution in [3.63, 3.8) is 0 Å². The van der Waals surface area contributed by atoms with Gasteiger partial charge < -0.3 is 10.1 Å². The summed E-state index contributed by atoms with van der Waals surface area (Å²) in [6, 6.07) is 18.2. The van der Waals surface area contributed by atoms with E-state index < -0.39 is 0 Å². The summed E-state index contributed by atoms with van der Waals surface area (Å²) >= 11 is 1.28. The number of H-pyrrole nitrogens is 1. The van der Waals surface area contributed by atoms with Crippen LogP contribution in [0.25, 0.3) is 0 Å². The number of nitrogens with zero attached hydrogens (tertiary/aromatic N) is 3. The van der Waals surface area contributed by atoms with E-state index in [-0.39, 0.29) is 23.4 Å². The molecule has 0 bridgehead atoms. The van der Waals surface area contributed by atoms with Crippen molar-refractivity contribution in [2.24, 2.45) is 0 Å². The fourth-order valence-corrected chi connectivity index (χ4v) is 5.20. The van der Waals surface area contributed by atoms with Gasteiger partial charge in [0.2, 0.25) is 5.91 Å². The van der Waals surface area contributed by atoms with Crippen molar-refractivity contribution in [3.8, 4) is 5.75 Å². The molecule has 1 aliphatic rings. The zero-order chi connectivity index (χ0) is 24.5. The van der Waals surface area contributed by atoms with Crippen LogP contribution in [0.4, 0.5) is 0 Å². The smallest absolute Gasteiger partial charge is 0.343 e. The monoisotopic (exact) mass is 495 g/mol. The van der Waals surface area contributed by atoms with Crippen molar-refractivity contribution in [1.82, 2.24) is 25.0 Å². The largest absolute Gasteiger partial charge is 0.497 e. The summed E-state index contributed by atoms with van der Waals surface area (Å²) in [5.41, 5.74) is 2.06. The number of likely N-dealkylation sites (tertiary alicyclic amines) is 1. The number of nitrogens with one attached hydrogen (secondary N) is 2. The van der Waals surface area contributed by atoms with Gasteiger partial charge in [0, 0.05) is 13.1 Å². The van der Waals surface area contributed by atoms with E-state index in [1.807, 2.05) is 42.5 Å². The molecule has 4 rings (SSSR count). The zero-order valence-corrected chi connectivity index (χ0v) is 20.9. The van der Waals surface area contributed by atoms with Gasteiger partial charge in [-0.3, -0.25) is 14.3 Å². The SMILES string of the molecule is COc1ccc(C(CNC(=O)CSc2n[nH]c(=O)n2CCc2ccccc2)N2CCCCC2)cc1. The highest BCUT2D eigenvalue weighted by atomic mass is 32.2. The summed E-state index contributed by atoms with van der Waals surface area (Å²) in [5, 5.41) is 10.3. The lowest BCUT2D eigenvalue weighted by molar-refractivity contribution is -0.118. The first-order valence-corrected chi connectivity index (χ1v) is 13.1. The van der Waals surface area contributed by atoms with Crippen LogP contribution in [0.5, 0.6) is 5.75 Å². The van der Waals surface area contributed by atoms with Crippen molar-refractivity contribution < 1.29 is 9.53 Å². The molecule has 1 unspecified atom stereocenters. The number of rotatable bonds is 11. The van der Waals surface area contributed by atoms with Crippen molar-refractivity contribution >= 4 is 17.7 Å². The van der Waals surface area contributed by atoms with Crippen LogP contribution in [-0.4, -0.2) is 58.1 Å². The van der Waals surface area contributed by atoms with E-state index in [2.05, 4.69) is 32.5 Å². The van der Waals surface area contributed by atoms with E-state index in [1.165, 1.54) is 36.6 Å². The third kappa shape index (κ3) is 6.99. The van der Waals surface area contributed by atoms with Gasteiger partial charge in [-0.15, -0.1) is 5.10 Å². The number of methoxy groups -OCH3 is 1. The number of aromatic nitrogens is 3. The zero-order valence-electron chi connectivity index (χ0n) is 20.1. The fraction of sp³-hybridized carbons (Fsp3) is 0.423. The highest BCUT2D eigenvalue weighted by Gasteiger charge is 2.23. The molecule has 0 spiro atoms. The van der Waals surface area contributed by atoms with Crippen LogP contribution in [-0.2, 0) is 17.8 Å². The predicted molar refractivity (Wildman–Crippen MR) is 138 cm³/mol. The number of hydrogen-bond acceptors (Lipinski definition) is 6.